The van der Waals surface area contributed by atoms with Crippen LogP contribution in [0, 0.1) is 5.82 Å². The van der Waals surface area contributed by atoms with Gasteiger partial charge in [-0.25, -0.2) is 8.60 Å². The lowest BCUT2D eigenvalue weighted by molar-refractivity contribution is 0.563. The minimum Gasteiger partial charge on any atom is -0.306 e. The molecule has 2 nitrogen and oxygen atoms in total. The second-order valence-corrected chi connectivity index (χ2v) is 3.61. The summed E-state index contributed by atoms with van der Waals surface area (Å²) in [5.41, 5.74) is 0.417. The largest absolute Gasteiger partial charge is 0.306 e. The standard InChI is InChI=1S/C7H6ClFO2S/c8-6-1-5(4-12(10)11)2-7(9)3-6/h1-3H,4H2,(H,10,11). The smallest absolute Gasteiger partial charge is 0.157 e. The van der Waals surface area contributed by atoms with E-state index in [4.69, 9.17) is 16.2 Å². The molecule has 0 saturated heterocycles. The lowest BCUT2D eigenvalue weighted by Crippen LogP contribution is -1.93. The minimum atomic E-state index is -1.96. The molecule has 1 aromatic rings. The van der Waals surface area contributed by atoms with E-state index in [-0.39, 0.29) is 10.8 Å². The summed E-state index contributed by atoms with van der Waals surface area (Å²) in [6.45, 7) is 0. The van der Waals surface area contributed by atoms with E-state index >= 15 is 0 Å². The Morgan fingerprint density at radius 1 is 1.50 bits per heavy atom. The summed E-state index contributed by atoms with van der Waals surface area (Å²) < 4.78 is 31.4. The van der Waals surface area contributed by atoms with Crippen molar-refractivity contribution in [2.24, 2.45) is 0 Å². The molecule has 0 heterocycles. The highest BCUT2D eigenvalue weighted by atomic mass is 35.5. The first-order valence-corrected chi connectivity index (χ1v) is 4.76. The maximum atomic E-state index is 12.6. The van der Waals surface area contributed by atoms with Gasteiger partial charge in [0.25, 0.3) is 0 Å². The molecule has 5 heteroatoms. The molecule has 0 aliphatic rings. The zero-order valence-corrected chi connectivity index (χ0v) is 7.53. The quantitative estimate of drug-likeness (QED) is 0.757. The Morgan fingerprint density at radius 2 is 2.17 bits per heavy atom. The molecule has 66 valence electrons. The zero-order chi connectivity index (χ0) is 9.14. The maximum Gasteiger partial charge on any atom is 0.157 e. The Balaban J connectivity index is 2.93. The minimum absolute atomic E-state index is 0.0997. The van der Waals surface area contributed by atoms with Gasteiger partial charge in [-0.15, -0.1) is 0 Å². The van der Waals surface area contributed by atoms with Crippen molar-refractivity contribution in [1.29, 1.82) is 0 Å². The van der Waals surface area contributed by atoms with E-state index in [0.717, 1.165) is 6.07 Å². The molecule has 1 atom stereocenters. The Bertz CT molecular complexity index is 296. The second-order valence-electron chi connectivity index (χ2n) is 2.24. The normalized spacial score (nSPS) is 12.9. The average molecular weight is 209 g/mol. The van der Waals surface area contributed by atoms with Gasteiger partial charge in [0.05, 0.1) is 5.75 Å². The predicted octanol–water partition coefficient (Wildman–Crippen LogP) is 2.20. The summed E-state index contributed by atoms with van der Waals surface area (Å²) in [6, 6.07) is 3.78. The van der Waals surface area contributed by atoms with E-state index in [1.807, 2.05) is 0 Å². The van der Waals surface area contributed by atoms with Crippen LogP contribution in [0.15, 0.2) is 18.2 Å². The fraction of sp³-hybridized carbons (Fsp3) is 0.143. The topological polar surface area (TPSA) is 37.3 Å². The molecule has 0 amide bonds. The predicted molar refractivity (Wildman–Crippen MR) is 45.9 cm³/mol. The van der Waals surface area contributed by atoms with Crippen LogP contribution in [-0.4, -0.2) is 8.76 Å². The number of rotatable bonds is 2. The van der Waals surface area contributed by atoms with Crippen molar-refractivity contribution in [1.82, 2.24) is 0 Å². The third kappa shape index (κ3) is 2.89. The molecule has 1 aromatic carbocycles. The lowest BCUT2D eigenvalue weighted by atomic mass is 10.2. The van der Waals surface area contributed by atoms with Crippen molar-refractivity contribution in [2.45, 2.75) is 5.75 Å². The van der Waals surface area contributed by atoms with Crippen LogP contribution in [0.2, 0.25) is 5.02 Å². The van der Waals surface area contributed by atoms with E-state index in [0.29, 0.717) is 5.56 Å². The second kappa shape index (κ2) is 3.98. The number of benzene rings is 1. The van der Waals surface area contributed by atoms with Gasteiger partial charge < -0.3 is 4.55 Å². The van der Waals surface area contributed by atoms with Crippen molar-refractivity contribution in [3.63, 3.8) is 0 Å². The molecule has 1 N–H and O–H groups in total. The molecule has 12 heavy (non-hydrogen) atoms. The van der Waals surface area contributed by atoms with Gasteiger partial charge in [-0.2, -0.15) is 0 Å². The van der Waals surface area contributed by atoms with Gasteiger partial charge >= 0.3 is 0 Å². The monoisotopic (exact) mass is 208 g/mol. The van der Waals surface area contributed by atoms with E-state index in [2.05, 4.69) is 0 Å². The van der Waals surface area contributed by atoms with Crippen LogP contribution in [0.3, 0.4) is 0 Å². The van der Waals surface area contributed by atoms with Crippen molar-refractivity contribution >= 4 is 22.7 Å². The number of hydrogen-bond acceptors (Lipinski definition) is 1. The van der Waals surface area contributed by atoms with E-state index in [9.17, 15) is 8.60 Å². The SMILES string of the molecule is O=S(O)Cc1cc(F)cc(Cl)c1. The van der Waals surface area contributed by atoms with Crippen LogP contribution in [0.4, 0.5) is 4.39 Å². The highest BCUT2D eigenvalue weighted by Crippen LogP contribution is 2.14. The van der Waals surface area contributed by atoms with Crippen LogP contribution < -0.4 is 0 Å². The van der Waals surface area contributed by atoms with Crippen LogP contribution >= 0.6 is 11.6 Å². The fourth-order valence-electron chi connectivity index (χ4n) is 0.837. The van der Waals surface area contributed by atoms with Gasteiger partial charge in [-0.1, -0.05) is 11.6 Å². The fourth-order valence-corrected chi connectivity index (χ4v) is 1.53. The molecule has 0 bridgehead atoms. The molecule has 1 rings (SSSR count). The Hall–Kier alpha value is -0.450. The molecule has 0 saturated carbocycles. The Morgan fingerprint density at radius 3 is 2.67 bits per heavy atom. The summed E-state index contributed by atoms with van der Waals surface area (Å²) in [7, 11) is 0. The molecular weight excluding hydrogens is 203 g/mol. The van der Waals surface area contributed by atoms with Gasteiger partial charge in [-0.3, -0.25) is 0 Å². The number of halogens is 2. The summed E-state index contributed by atoms with van der Waals surface area (Å²) >= 11 is 3.55. The Kier molecular flexibility index (Phi) is 3.20. The maximum absolute atomic E-state index is 12.6. The van der Waals surface area contributed by atoms with Gasteiger partial charge in [0.1, 0.15) is 5.82 Å². The average Bonchev–Trinajstić information content (AvgIpc) is 1.81. The molecule has 0 spiro atoms. The molecule has 1 unspecified atom stereocenters. The van der Waals surface area contributed by atoms with Gasteiger partial charge in [-0.05, 0) is 23.8 Å². The molecule has 0 fully saturated rings. The first kappa shape index (κ1) is 9.64. The van der Waals surface area contributed by atoms with Crippen molar-refractivity contribution in [2.75, 3.05) is 0 Å². The molecule has 0 aliphatic carbocycles. The molecule has 0 aromatic heterocycles. The first-order chi connectivity index (χ1) is 5.58. The lowest BCUT2D eigenvalue weighted by Gasteiger charge is -1.98. The summed E-state index contributed by atoms with van der Waals surface area (Å²) in [5.74, 6) is -0.597. The molecule has 0 aliphatic heterocycles. The molecule has 0 radical (unpaired) electrons. The van der Waals surface area contributed by atoms with Crippen molar-refractivity contribution in [3.05, 3.63) is 34.6 Å². The van der Waals surface area contributed by atoms with E-state index < -0.39 is 16.9 Å². The van der Waals surface area contributed by atoms with Crippen molar-refractivity contribution in [3.8, 4) is 0 Å². The third-order valence-corrected chi connectivity index (χ3v) is 2.01. The molecular formula is C7H6ClFO2S. The van der Waals surface area contributed by atoms with Crippen LogP contribution in [0.5, 0.6) is 0 Å². The van der Waals surface area contributed by atoms with E-state index in [1.165, 1.54) is 12.1 Å². The van der Waals surface area contributed by atoms with Gasteiger partial charge in [0.2, 0.25) is 0 Å². The highest BCUT2D eigenvalue weighted by molar-refractivity contribution is 7.78. The van der Waals surface area contributed by atoms with Crippen LogP contribution in [0.25, 0.3) is 0 Å². The summed E-state index contributed by atoms with van der Waals surface area (Å²) in [4.78, 5) is 0. The van der Waals surface area contributed by atoms with E-state index in [1.54, 1.807) is 0 Å². The number of hydrogen-bond donors (Lipinski definition) is 1. The zero-order valence-electron chi connectivity index (χ0n) is 5.96. The van der Waals surface area contributed by atoms with Crippen LogP contribution in [0.1, 0.15) is 5.56 Å². The first-order valence-electron chi connectivity index (χ1n) is 3.10. The highest BCUT2D eigenvalue weighted by Gasteiger charge is 2.01. The summed E-state index contributed by atoms with van der Waals surface area (Å²) in [5, 5.41) is 0.232. The summed E-state index contributed by atoms with van der Waals surface area (Å²) in [6.07, 6.45) is 0. The van der Waals surface area contributed by atoms with Gasteiger partial charge in [0.15, 0.2) is 11.1 Å². The van der Waals surface area contributed by atoms with Crippen LogP contribution in [-0.2, 0) is 16.8 Å². The Labute approximate surface area is 76.6 Å². The third-order valence-electron chi connectivity index (χ3n) is 1.21. The van der Waals surface area contributed by atoms with Crippen molar-refractivity contribution < 1.29 is 13.2 Å². The van der Waals surface area contributed by atoms with Gasteiger partial charge in [0, 0.05) is 5.02 Å².